The third kappa shape index (κ3) is 4.03. The van der Waals surface area contributed by atoms with Crippen LogP contribution < -0.4 is 5.32 Å². The van der Waals surface area contributed by atoms with Crippen molar-refractivity contribution in [3.63, 3.8) is 0 Å². The van der Waals surface area contributed by atoms with Gasteiger partial charge >= 0.3 is 0 Å². The predicted octanol–water partition coefficient (Wildman–Crippen LogP) is 1.69. The molecule has 0 aromatic heterocycles. The van der Waals surface area contributed by atoms with Gasteiger partial charge in [0.1, 0.15) is 0 Å². The first kappa shape index (κ1) is 12.8. The molecule has 0 radical (unpaired) electrons. The lowest BCUT2D eigenvalue weighted by atomic mass is 10.2. The van der Waals surface area contributed by atoms with Gasteiger partial charge in [0.05, 0.1) is 12.7 Å². The molecule has 1 N–H and O–H groups in total. The minimum atomic E-state index is 0.0798. The minimum Gasteiger partial charge on any atom is -0.329 e. The van der Waals surface area contributed by atoms with Crippen LogP contribution in [0.2, 0.25) is 0 Å². The average Bonchev–Trinajstić information content (AvgIpc) is 2.60. The summed E-state index contributed by atoms with van der Waals surface area (Å²) < 4.78 is 0. The van der Waals surface area contributed by atoms with Crippen molar-refractivity contribution in [1.29, 1.82) is 0 Å². The van der Waals surface area contributed by atoms with Crippen LogP contribution in [0.4, 0.5) is 0 Å². The van der Waals surface area contributed by atoms with Gasteiger partial charge < -0.3 is 4.90 Å². The van der Waals surface area contributed by atoms with Crippen molar-refractivity contribution in [2.75, 3.05) is 25.2 Å². The van der Waals surface area contributed by atoms with Gasteiger partial charge in [-0.05, 0) is 31.3 Å². The van der Waals surface area contributed by atoms with E-state index in [1.165, 1.54) is 18.6 Å². The predicted molar refractivity (Wildman–Crippen MR) is 66.0 cm³/mol. The Labute approximate surface area is 97.0 Å². The van der Waals surface area contributed by atoms with Crippen LogP contribution in [0.15, 0.2) is 0 Å². The average molecular weight is 230 g/mol. The zero-order valence-electron chi connectivity index (χ0n) is 9.79. The molecule has 1 rings (SSSR count). The number of unbranched alkanes of at least 4 members (excludes halogenated alkanes) is 2. The van der Waals surface area contributed by atoms with Crippen LogP contribution in [0.3, 0.4) is 0 Å². The van der Waals surface area contributed by atoms with Crippen molar-refractivity contribution in [2.45, 2.75) is 38.6 Å². The molecule has 0 spiro atoms. The van der Waals surface area contributed by atoms with Gasteiger partial charge in [0.15, 0.2) is 0 Å². The van der Waals surface area contributed by atoms with Crippen LogP contribution in [0.5, 0.6) is 0 Å². The van der Waals surface area contributed by atoms with Crippen LogP contribution in [0.1, 0.15) is 32.6 Å². The van der Waals surface area contributed by atoms with Crippen molar-refractivity contribution in [1.82, 2.24) is 10.2 Å². The van der Waals surface area contributed by atoms with Gasteiger partial charge in [-0.3, -0.25) is 10.1 Å². The number of nitrogens with zero attached hydrogens (tertiary/aromatic N) is 1. The number of nitrogens with one attached hydrogen (secondary N) is 1. The monoisotopic (exact) mass is 230 g/mol. The molecule has 3 nitrogen and oxygen atoms in total. The fraction of sp³-hybridized carbons (Fsp3) is 0.909. The Hall–Kier alpha value is -0.220. The Kier molecular flexibility index (Phi) is 6.10. The molecule has 1 aliphatic heterocycles. The zero-order valence-corrected chi connectivity index (χ0v) is 10.6. The second kappa shape index (κ2) is 7.12. The molecule has 1 unspecified atom stereocenters. The van der Waals surface area contributed by atoms with Gasteiger partial charge in [0.2, 0.25) is 5.91 Å². The molecular weight excluding hydrogens is 208 g/mol. The summed E-state index contributed by atoms with van der Waals surface area (Å²) in [6.07, 6.45) is 6.70. The SMILES string of the molecule is CCC1NCN(CCCCCSC)C1=O. The molecule has 1 aliphatic rings. The quantitative estimate of drug-likeness (QED) is 0.676. The van der Waals surface area contributed by atoms with E-state index in [-0.39, 0.29) is 6.04 Å². The molecule has 1 amide bonds. The third-order valence-electron chi connectivity index (χ3n) is 2.82. The lowest BCUT2D eigenvalue weighted by Crippen LogP contribution is -2.30. The summed E-state index contributed by atoms with van der Waals surface area (Å²) in [5.74, 6) is 1.53. The summed E-state index contributed by atoms with van der Waals surface area (Å²) in [6.45, 7) is 3.73. The Balaban J connectivity index is 2.09. The number of amides is 1. The summed E-state index contributed by atoms with van der Waals surface area (Å²) in [5.41, 5.74) is 0. The van der Waals surface area contributed by atoms with E-state index in [0.29, 0.717) is 5.91 Å². The molecule has 0 aromatic rings. The first-order valence-corrected chi connectivity index (χ1v) is 7.20. The Bertz CT molecular complexity index is 199. The van der Waals surface area contributed by atoms with Gasteiger partial charge in [-0.15, -0.1) is 0 Å². The van der Waals surface area contributed by atoms with E-state index in [2.05, 4.69) is 18.5 Å². The van der Waals surface area contributed by atoms with Crippen molar-refractivity contribution < 1.29 is 4.79 Å². The largest absolute Gasteiger partial charge is 0.329 e. The summed E-state index contributed by atoms with van der Waals surface area (Å²) in [7, 11) is 0. The van der Waals surface area contributed by atoms with E-state index in [1.54, 1.807) is 0 Å². The second-order valence-corrected chi connectivity index (χ2v) is 4.96. The molecule has 0 aromatic carbocycles. The van der Waals surface area contributed by atoms with E-state index in [0.717, 1.165) is 26.1 Å². The highest BCUT2D eigenvalue weighted by atomic mass is 32.2. The maximum Gasteiger partial charge on any atom is 0.240 e. The second-order valence-electron chi connectivity index (χ2n) is 3.98. The summed E-state index contributed by atoms with van der Waals surface area (Å²) in [5, 5.41) is 3.23. The van der Waals surface area contributed by atoms with Gasteiger partial charge in [-0.2, -0.15) is 11.8 Å². The van der Waals surface area contributed by atoms with E-state index < -0.39 is 0 Å². The maximum absolute atomic E-state index is 11.7. The molecule has 4 heteroatoms. The fourth-order valence-corrected chi connectivity index (χ4v) is 2.33. The normalized spacial score (nSPS) is 21.3. The topological polar surface area (TPSA) is 32.3 Å². The Morgan fingerprint density at radius 2 is 2.27 bits per heavy atom. The van der Waals surface area contributed by atoms with Crippen LogP contribution >= 0.6 is 11.8 Å². The maximum atomic E-state index is 11.7. The molecular formula is C11H22N2OS. The molecule has 1 saturated heterocycles. The molecule has 1 atom stereocenters. The van der Waals surface area contributed by atoms with Gasteiger partial charge in [0, 0.05) is 6.54 Å². The molecule has 15 heavy (non-hydrogen) atoms. The molecule has 0 saturated carbocycles. The van der Waals surface area contributed by atoms with Crippen molar-refractivity contribution in [3.05, 3.63) is 0 Å². The van der Waals surface area contributed by atoms with E-state index in [1.807, 2.05) is 16.7 Å². The van der Waals surface area contributed by atoms with Crippen molar-refractivity contribution in [2.24, 2.45) is 0 Å². The number of hydrogen-bond acceptors (Lipinski definition) is 3. The molecule has 88 valence electrons. The summed E-state index contributed by atoms with van der Waals surface area (Å²) in [4.78, 5) is 13.7. The van der Waals surface area contributed by atoms with E-state index in [9.17, 15) is 4.79 Å². The highest BCUT2D eigenvalue weighted by Gasteiger charge is 2.28. The van der Waals surface area contributed by atoms with Crippen molar-refractivity contribution >= 4 is 17.7 Å². The molecule has 0 aliphatic carbocycles. The number of carbonyl (C=O) groups excluding carboxylic acids is 1. The van der Waals surface area contributed by atoms with E-state index >= 15 is 0 Å². The number of carbonyl (C=O) groups is 1. The van der Waals surface area contributed by atoms with Crippen LogP contribution in [0, 0.1) is 0 Å². The Morgan fingerprint density at radius 1 is 1.47 bits per heavy atom. The Morgan fingerprint density at radius 3 is 2.87 bits per heavy atom. The van der Waals surface area contributed by atoms with Crippen LogP contribution in [-0.2, 0) is 4.79 Å². The van der Waals surface area contributed by atoms with Crippen LogP contribution in [-0.4, -0.2) is 42.1 Å². The molecule has 1 fully saturated rings. The fourth-order valence-electron chi connectivity index (χ4n) is 1.84. The third-order valence-corrected chi connectivity index (χ3v) is 3.52. The smallest absolute Gasteiger partial charge is 0.240 e. The minimum absolute atomic E-state index is 0.0798. The molecule has 0 bridgehead atoms. The summed E-state index contributed by atoms with van der Waals surface area (Å²) in [6, 6.07) is 0.0798. The lowest BCUT2D eigenvalue weighted by Gasteiger charge is -2.14. The van der Waals surface area contributed by atoms with Crippen molar-refractivity contribution in [3.8, 4) is 0 Å². The number of hydrogen-bond donors (Lipinski definition) is 1. The number of rotatable bonds is 7. The van der Waals surface area contributed by atoms with Gasteiger partial charge in [-0.1, -0.05) is 13.3 Å². The van der Waals surface area contributed by atoms with Gasteiger partial charge in [0.25, 0.3) is 0 Å². The summed E-state index contributed by atoms with van der Waals surface area (Å²) >= 11 is 1.90. The highest BCUT2D eigenvalue weighted by molar-refractivity contribution is 7.98. The first-order chi connectivity index (χ1) is 7.29. The number of thioether (sulfide) groups is 1. The zero-order chi connectivity index (χ0) is 11.1. The van der Waals surface area contributed by atoms with Gasteiger partial charge in [-0.25, -0.2) is 0 Å². The highest BCUT2D eigenvalue weighted by Crippen LogP contribution is 2.09. The first-order valence-electron chi connectivity index (χ1n) is 5.80. The lowest BCUT2D eigenvalue weighted by molar-refractivity contribution is -0.129. The van der Waals surface area contributed by atoms with E-state index in [4.69, 9.17) is 0 Å². The molecule has 1 heterocycles. The standard InChI is InChI=1S/C11H22N2OS/c1-3-10-11(14)13(9-12-10)7-5-4-6-8-15-2/h10,12H,3-9H2,1-2H3. The van der Waals surface area contributed by atoms with Crippen LogP contribution in [0.25, 0.3) is 0 Å².